The van der Waals surface area contributed by atoms with Crippen LogP contribution in [-0.2, 0) is 11.2 Å². The van der Waals surface area contributed by atoms with Crippen molar-refractivity contribution in [3.8, 4) is 5.75 Å². The number of aryl methyl sites for hydroxylation is 2. The van der Waals surface area contributed by atoms with Crippen LogP contribution in [0.3, 0.4) is 0 Å². The Kier molecular flexibility index (Phi) is 4.89. The minimum atomic E-state index is 0.0263. The quantitative estimate of drug-likeness (QED) is 0.830. The van der Waals surface area contributed by atoms with Crippen LogP contribution in [-0.4, -0.2) is 19.1 Å². The van der Waals surface area contributed by atoms with E-state index in [2.05, 4.69) is 32.0 Å². The van der Waals surface area contributed by atoms with E-state index in [1.165, 1.54) is 5.56 Å². The lowest BCUT2D eigenvalue weighted by atomic mass is 10.0. The van der Waals surface area contributed by atoms with Crippen LogP contribution >= 0.6 is 0 Å². The third-order valence-electron chi connectivity index (χ3n) is 4.55. The number of para-hydroxylation sites is 1. The lowest BCUT2D eigenvalue weighted by Gasteiger charge is -2.29. The number of amides is 1. The fraction of sp³-hybridized carbons (Fsp3) is 0.381. The number of ether oxygens (including phenoxy) is 1. The molecule has 0 bridgehead atoms. The number of benzene rings is 2. The highest BCUT2D eigenvalue weighted by atomic mass is 16.5. The summed E-state index contributed by atoms with van der Waals surface area (Å²) in [5, 5.41) is 0. The largest absolute Gasteiger partial charge is 0.483 e. The molecule has 0 atom stereocenters. The van der Waals surface area contributed by atoms with E-state index in [0.29, 0.717) is 5.92 Å². The summed E-state index contributed by atoms with van der Waals surface area (Å²) in [5.41, 5.74) is 4.57. The van der Waals surface area contributed by atoms with Gasteiger partial charge in [-0.3, -0.25) is 4.79 Å². The molecule has 0 N–H and O–H groups in total. The molecule has 1 aliphatic heterocycles. The Balaban J connectivity index is 1.74. The van der Waals surface area contributed by atoms with E-state index in [4.69, 9.17) is 4.74 Å². The highest BCUT2D eigenvalue weighted by Gasteiger charge is 2.22. The lowest BCUT2D eigenvalue weighted by molar-refractivity contribution is -0.120. The maximum Gasteiger partial charge on any atom is 0.264 e. The summed E-state index contributed by atoms with van der Waals surface area (Å²) in [6.45, 7) is 7.17. The highest BCUT2D eigenvalue weighted by Crippen LogP contribution is 2.29. The zero-order chi connectivity index (χ0) is 17.1. The zero-order valence-corrected chi connectivity index (χ0v) is 14.7. The molecule has 1 heterocycles. The third kappa shape index (κ3) is 3.45. The Morgan fingerprint density at radius 3 is 2.79 bits per heavy atom. The summed E-state index contributed by atoms with van der Waals surface area (Å²) in [6, 6.07) is 14.4. The average molecular weight is 323 g/mol. The van der Waals surface area contributed by atoms with Gasteiger partial charge in [0.15, 0.2) is 6.61 Å². The maximum atomic E-state index is 12.7. The fourth-order valence-corrected chi connectivity index (χ4v) is 3.25. The van der Waals surface area contributed by atoms with Crippen molar-refractivity contribution in [2.45, 2.75) is 39.5 Å². The number of carbonyl (C=O) groups is 1. The van der Waals surface area contributed by atoms with Crippen molar-refractivity contribution in [1.82, 2.24) is 0 Å². The zero-order valence-electron chi connectivity index (χ0n) is 14.7. The summed E-state index contributed by atoms with van der Waals surface area (Å²) < 4.78 is 5.92. The van der Waals surface area contributed by atoms with E-state index in [9.17, 15) is 4.79 Å². The van der Waals surface area contributed by atoms with E-state index >= 15 is 0 Å². The standard InChI is InChI=1S/C21H25NO2/c1-15(2)18-11-10-16(3)13-20(18)24-14-21(23)22-12-6-8-17-7-4-5-9-19(17)22/h4-5,7,9-11,13,15H,6,8,12,14H2,1-3H3. The topological polar surface area (TPSA) is 29.5 Å². The van der Waals surface area contributed by atoms with E-state index in [1.807, 2.05) is 36.1 Å². The monoisotopic (exact) mass is 323 g/mol. The first-order valence-electron chi connectivity index (χ1n) is 8.68. The number of hydrogen-bond donors (Lipinski definition) is 0. The summed E-state index contributed by atoms with van der Waals surface area (Å²) in [5.74, 6) is 1.22. The van der Waals surface area contributed by atoms with Crippen molar-refractivity contribution in [1.29, 1.82) is 0 Å². The van der Waals surface area contributed by atoms with Crippen LogP contribution in [0.15, 0.2) is 42.5 Å². The maximum absolute atomic E-state index is 12.7. The molecule has 1 aliphatic rings. The van der Waals surface area contributed by atoms with Crippen molar-refractivity contribution in [3.05, 3.63) is 59.2 Å². The second kappa shape index (κ2) is 7.08. The van der Waals surface area contributed by atoms with Crippen LogP contribution in [0.4, 0.5) is 5.69 Å². The molecular weight excluding hydrogens is 298 g/mol. The van der Waals surface area contributed by atoms with Crippen molar-refractivity contribution in [2.75, 3.05) is 18.1 Å². The van der Waals surface area contributed by atoms with Gasteiger partial charge in [-0.25, -0.2) is 0 Å². The van der Waals surface area contributed by atoms with Gasteiger partial charge in [0.05, 0.1) is 0 Å². The Morgan fingerprint density at radius 2 is 2.00 bits per heavy atom. The number of hydrogen-bond acceptors (Lipinski definition) is 2. The molecule has 2 aromatic carbocycles. The molecule has 3 heteroatoms. The van der Waals surface area contributed by atoms with Crippen molar-refractivity contribution >= 4 is 11.6 Å². The van der Waals surface area contributed by atoms with Crippen LogP contribution in [0.1, 0.15) is 42.9 Å². The van der Waals surface area contributed by atoms with Gasteiger partial charge in [0, 0.05) is 12.2 Å². The summed E-state index contributed by atoms with van der Waals surface area (Å²) >= 11 is 0. The molecule has 126 valence electrons. The molecule has 3 nitrogen and oxygen atoms in total. The molecule has 0 fully saturated rings. The van der Waals surface area contributed by atoms with E-state index in [1.54, 1.807) is 0 Å². The number of rotatable bonds is 4. The smallest absolute Gasteiger partial charge is 0.264 e. The molecule has 0 saturated carbocycles. The van der Waals surface area contributed by atoms with Gasteiger partial charge in [-0.05, 0) is 54.5 Å². The Hall–Kier alpha value is -2.29. The van der Waals surface area contributed by atoms with Gasteiger partial charge in [-0.1, -0.05) is 44.2 Å². The van der Waals surface area contributed by atoms with Gasteiger partial charge in [0.2, 0.25) is 0 Å². The number of carbonyl (C=O) groups excluding carboxylic acids is 1. The molecule has 24 heavy (non-hydrogen) atoms. The minimum absolute atomic E-state index is 0.0263. The fourth-order valence-electron chi connectivity index (χ4n) is 3.25. The first-order chi connectivity index (χ1) is 11.6. The summed E-state index contributed by atoms with van der Waals surface area (Å²) in [7, 11) is 0. The van der Waals surface area contributed by atoms with Gasteiger partial charge < -0.3 is 9.64 Å². The van der Waals surface area contributed by atoms with Crippen LogP contribution in [0, 0.1) is 6.92 Å². The molecular formula is C21H25NO2. The molecule has 2 aromatic rings. The minimum Gasteiger partial charge on any atom is -0.483 e. The molecule has 0 aliphatic carbocycles. The second-order valence-corrected chi connectivity index (χ2v) is 6.76. The van der Waals surface area contributed by atoms with E-state index in [0.717, 1.165) is 42.0 Å². The number of anilines is 1. The first-order valence-corrected chi connectivity index (χ1v) is 8.68. The van der Waals surface area contributed by atoms with Crippen LogP contribution in [0.25, 0.3) is 0 Å². The molecule has 0 aromatic heterocycles. The van der Waals surface area contributed by atoms with Crippen molar-refractivity contribution in [2.24, 2.45) is 0 Å². The molecule has 0 unspecified atom stereocenters. The summed E-state index contributed by atoms with van der Waals surface area (Å²) in [4.78, 5) is 14.6. The predicted molar refractivity (Wildman–Crippen MR) is 97.9 cm³/mol. The Bertz CT molecular complexity index is 736. The summed E-state index contributed by atoms with van der Waals surface area (Å²) in [6.07, 6.45) is 2.04. The molecule has 1 amide bonds. The van der Waals surface area contributed by atoms with Gasteiger partial charge in [-0.2, -0.15) is 0 Å². The van der Waals surface area contributed by atoms with E-state index in [-0.39, 0.29) is 12.5 Å². The predicted octanol–water partition coefficient (Wildman–Crippen LogP) is 4.48. The lowest BCUT2D eigenvalue weighted by Crippen LogP contribution is -2.38. The average Bonchev–Trinajstić information content (AvgIpc) is 2.59. The van der Waals surface area contributed by atoms with Gasteiger partial charge in [0.25, 0.3) is 5.91 Å². The third-order valence-corrected chi connectivity index (χ3v) is 4.55. The van der Waals surface area contributed by atoms with Crippen molar-refractivity contribution < 1.29 is 9.53 Å². The highest BCUT2D eigenvalue weighted by molar-refractivity contribution is 5.95. The molecule has 3 rings (SSSR count). The Labute approximate surface area is 144 Å². The van der Waals surface area contributed by atoms with Gasteiger partial charge in [0.1, 0.15) is 5.75 Å². The molecule has 0 saturated heterocycles. The Morgan fingerprint density at radius 1 is 1.21 bits per heavy atom. The first kappa shape index (κ1) is 16.6. The van der Waals surface area contributed by atoms with Gasteiger partial charge in [-0.15, -0.1) is 0 Å². The second-order valence-electron chi connectivity index (χ2n) is 6.76. The van der Waals surface area contributed by atoms with Crippen LogP contribution < -0.4 is 9.64 Å². The molecule has 0 radical (unpaired) electrons. The van der Waals surface area contributed by atoms with Crippen molar-refractivity contribution in [3.63, 3.8) is 0 Å². The van der Waals surface area contributed by atoms with Gasteiger partial charge >= 0.3 is 0 Å². The van der Waals surface area contributed by atoms with Crippen LogP contribution in [0.2, 0.25) is 0 Å². The normalized spacial score (nSPS) is 13.8. The number of fused-ring (bicyclic) bond motifs is 1. The SMILES string of the molecule is Cc1ccc(C(C)C)c(OCC(=O)N2CCCc3ccccc32)c1. The molecule has 0 spiro atoms. The van der Waals surface area contributed by atoms with E-state index < -0.39 is 0 Å². The van der Waals surface area contributed by atoms with Crippen LogP contribution in [0.5, 0.6) is 5.75 Å². The number of nitrogens with zero attached hydrogens (tertiary/aromatic N) is 1.